The number of halogens is 1. The van der Waals surface area contributed by atoms with Gasteiger partial charge in [-0.15, -0.1) is 0 Å². The number of amides is 1. The van der Waals surface area contributed by atoms with Gasteiger partial charge in [0.15, 0.2) is 0 Å². The second kappa shape index (κ2) is 8.67. The average Bonchev–Trinajstić information content (AvgIpc) is 3.20. The lowest BCUT2D eigenvalue weighted by molar-refractivity contribution is -0.213. The van der Waals surface area contributed by atoms with Crippen molar-refractivity contribution in [3.63, 3.8) is 0 Å². The van der Waals surface area contributed by atoms with E-state index in [0.717, 1.165) is 10.9 Å². The van der Waals surface area contributed by atoms with Gasteiger partial charge in [-0.1, -0.05) is 18.2 Å². The van der Waals surface area contributed by atoms with Gasteiger partial charge in [-0.2, -0.15) is 4.39 Å². The van der Waals surface area contributed by atoms with Crippen LogP contribution in [0.5, 0.6) is 0 Å². The zero-order valence-electron chi connectivity index (χ0n) is 19.1. The summed E-state index contributed by atoms with van der Waals surface area (Å²) in [6, 6.07) is 10.5. The molecule has 184 valence electrons. The van der Waals surface area contributed by atoms with Gasteiger partial charge >= 0.3 is 17.8 Å². The molecule has 0 saturated heterocycles. The molecule has 36 heavy (non-hydrogen) atoms. The molecule has 2 aliphatic heterocycles. The summed E-state index contributed by atoms with van der Waals surface area (Å²) in [6.45, 7) is 0.291. The van der Waals surface area contributed by atoms with Gasteiger partial charge in [0.25, 0.3) is 5.56 Å². The highest BCUT2D eigenvalue weighted by Crippen LogP contribution is 2.39. The number of para-hydroxylation sites is 1. The lowest BCUT2D eigenvalue weighted by Crippen LogP contribution is -2.46. The summed E-state index contributed by atoms with van der Waals surface area (Å²) in [4.78, 5) is 65.4. The molecule has 0 fully saturated rings. The molecule has 2 aromatic heterocycles. The van der Waals surface area contributed by atoms with E-state index in [2.05, 4.69) is 10.3 Å². The van der Waals surface area contributed by atoms with E-state index in [1.807, 2.05) is 24.3 Å². The summed E-state index contributed by atoms with van der Waals surface area (Å²) in [7, 11) is 0. The third-order valence-electron chi connectivity index (χ3n) is 6.12. The van der Waals surface area contributed by atoms with Gasteiger partial charge in [0, 0.05) is 23.8 Å². The molecule has 1 aromatic carbocycles. The number of hydrogen-bond donors (Lipinski definition) is 1. The van der Waals surface area contributed by atoms with Gasteiger partial charge < -0.3 is 24.2 Å². The number of nitrogens with one attached hydrogen (secondary N) is 1. The third-order valence-corrected chi connectivity index (χ3v) is 6.12. The second-order valence-electron chi connectivity index (χ2n) is 8.63. The lowest BCUT2D eigenvalue weighted by Gasteiger charge is -2.29. The van der Waals surface area contributed by atoms with E-state index >= 15 is 4.39 Å². The summed E-state index contributed by atoms with van der Waals surface area (Å²) < 4.78 is 27.1. The summed E-state index contributed by atoms with van der Waals surface area (Å²) in [6.07, 6.45) is -0.175. The van der Waals surface area contributed by atoms with E-state index in [1.54, 1.807) is 6.07 Å². The monoisotopic (exact) mass is 493 g/mol. The quantitative estimate of drug-likeness (QED) is 0.401. The smallest absolute Gasteiger partial charge is 0.390 e. The Morgan fingerprint density at radius 2 is 1.97 bits per heavy atom. The number of pyridine rings is 2. The van der Waals surface area contributed by atoms with Crippen molar-refractivity contribution >= 4 is 34.5 Å². The van der Waals surface area contributed by atoms with Gasteiger partial charge in [0.2, 0.25) is 5.91 Å². The first-order chi connectivity index (χ1) is 17.2. The summed E-state index contributed by atoms with van der Waals surface area (Å²) in [5.74, 6) is -6.96. The maximum absolute atomic E-state index is 16.0. The van der Waals surface area contributed by atoms with Crippen LogP contribution < -0.4 is 10.9 Å². The normalized spacial score (nSPS) is 17.6. The van der Waals surface area contributed by atoms with E-state index in [0.29, 0.717) is 11.2 Å². The molecule has 0 spiro atoms. The number of benzene rings is 1. The minimum absolute atomic E-state index is 0.0204. The summed E-state index contributed by atoms with van der Waals surface area (Å²) in [5.41, 5.74) is 0.977. The summed E-state index contributed by atoms with van der Waals surface area (Å²) in [5, 5.41) is 3.08. The van der Waals surface area contributed by atoms with Crippen LogP contribution in [0.25, 0.3) is 22.3 Å². The SMILES string of the molecule is CC(=O)CCC(=O)NCC(=O)O[C@]1(F)C(=O)OCc2c1cc1n(c2=O)Cc2cc3ccccc3nc2-1. The van der Waals surface area contributed by atoms with Crippen molar-refractivity contribution in [1.82, 2.24) is 14.9 Å². The first kappa shape index (κ1) is 23.3. The van der Waals surface area contributed by atoms with Crippen LogP contribution in [0.2, 0.25) is 0 Å². The van der Waals surface area contributed by atoms with Crippen LogP contribution in [-0.4, -0.2) is 39.7 Å². The highest BCUT2D eigenvalue weighted by molar-refractivity contribution is 5.89. The van der Waals surface area contributed by atoms with Crippen LogP contribution >= 0.6 is 0 Å². The van der Waals surface area contributed by atoms with Crippen LogP contribution in [0, 0.1) is 0 Å². The van der Waals surface area contributed by atoms with Gasteiger partial charge in [0.05, 0.1) is 34.6 Å². The third kappa shape index (κ3) is 3.92. The number of cyclic esters (lactones) is 1. The molecule has 0 bridgehead atoms. The van der Waals surface area contributed by atoms with Crippen molar-refractivity contribution in [2.75, 3.05) is 6.54 Å². The highest BCUT2D eigenvalue weighted by atomic mass is 19.2. The fourth-order valence-corrected chi connectivity index (χ4v) is 4.32. The van der Waals surface area contributed by atoms with Crippen LogP contribution in [0.3, 0.4) is 0 Å². The molecular formula is C25H20FN3O7. The highest BCUT2D eigenvalue weighted by Gasteiger charge is 2.52. The van der Waals surface area contributed by atoms with Gasteiger partial charge in [0.1, 0.15) is 18.9 Å². The number of rotatable bonds is 6. The Morgan fingerprint density at radius 3 is 2.75 bits per heavy atom. The number of esters is 2. The Morgan fingerprint density at radius 1 is 1.19 bits per heavy atom. The van der Waals surface area contributed by atoms with Crippen molar-refractivity contribution < 1.29 is 33.0 Å². The van der Waals surface area contributed by atoms with Crippen LogP contribution in [0.1, 0.15) is 36.5 Å². The number of hydrogen-bond acceptors (Lipinski definition) is 8. The van der Waals surface area contributed by atoms with Crippen molar-refractivity contribution in [3.8, 4) is 11.4 Å². The molecular weight excluding hydrogens is 473 g/mol. The van der Waals surface area contributed by atoms with Crippen LogP contribution in [-0.2, 0) is 47.7 Å². The van der Waals surface area contributed by atoms with Gasteiger partial charge in [-0.05, 0) is 25.1 Å². The van der Waals surface area contributed by atoms with Crippen molar-refractivity contribution in [1.29, 1.82) is 0 Å². The van der Waals surface area contributed by atoms with E-state index in [9.17, 15) is 24.0 Å². The number of aromatic nitrogens is 2. The van der Waals surface area contributed by atoms with E-state index < -0.39 is 48.0 Å². The number of carbonyl (C=O) groups excluding carboxylic acids is 4. The van der Waals surface area contributed by atoms with Crippen LogP contribution in [0.4, 0.5) is 4.39 Å². The first-order valence-electron chi connectivity index (χ1n) is 11.2. The number of alkyl halides is 1. The molecule has 10 nitrogen and oxygen atoms in total. The summed E-state index contributed by atoms with van der Waals surface area (Å²) >= 11 is 0. The topological polar surface area (TPSA) is 134 Å². The number of carbonyl (C=O) groups is 4. The van der Waals surface area contributed by atoms with E-state index in [1.165, 1.54) is 17.6 Å². The molecule has 1 amide bonds. The minimum Gasteiger partial charge on any atom is -0.455 e. The van der Waals surface area contributed by atoms with E-state index in [4.69, 9.17) is 9.47 Å². The molecule has 0 unspecified atom stereocenters. The minimum atomic E-state index is -3.39. The Labute approximate surface area is 203 Å². The molecule has 4 heterocycles. The Hall–Kier alpha value is -4.41. The predicted molar refractivity (Wildman–Crippen MR) is 122 cm³/mol. The predicted octanol–water partition coefficient (Wildman–Crippen LogP) is 1.63. The maximum atomic E-state index is 16.0. The molecule has 3 aromatic rings. The van der Waals surface area contributed by atoms with E-state index in [-0.39, 0.29) is 36.4 Å². The standard InChI is InChI=1S/C25H20FN3O7/c1-13(30)6-7-20(31)27-10-21(32)36-25(26)17-9-19-22-15(8-14-4-2-3-5-18(14)28-22)11-29(19)23(33)16(17)12-35-24(25)34/h2-5,8-9H,6-7,10-12H2,1H3,(H,27,31)/t25-/m0/s1. The molecule has 0 radical (unpaired) electrons. The van der Waals surface area contributed by atoms with Crippen molar-refractivity contribution in [2.24, 2.45) is 0 Å². The number of ether oxygens (including phenoxy) is 2. The van der Waals surface area contributed by atoms with Crippen molar-refractivity contribution in [2.45, 2.75) is 38.8 Å². The Kier molecular flexibility index (Phi) is 5.62. The average molecular weight is 493 g/mol. The fourth-order valence-electron chi connectivity index (χ4n) is 4.32. The first-order valence-corrected chi connectivity index (χ1v) is 11.2. The molecule has 0 aliphatic carbocycles. The van der Waals surface area contributed by atoms with Crippen molar-refractivity contribution in [3.05, 3.63) is 63.4 Å². The number of ketones is 1. The Balaban J connectivity index is 1.47. The number of Topliss-reactive ketones (excluding diaryl/α,β-unsaturated/α-hetero) is 1. The zero-order valence-corrected chi connectivity index (χ0v) is 19.1. The second-order valence-corrected chi connectivity index (χ2v) is 8.63. The molecule has 5 rings (SSSR count). The maximum Gasteiger partial charge on any atom is 0.390 e. The molecule has 1 N–H and O–H groups in total. The van der Waals surface area contributed by atoms with Gasteiger partial charge in [-0.25, -0.2) is 9.78 Å². The molecule has 11 heteroatoms. The lowest BCUT2D eigenvalue weighted by atomic mass is 9.98. The number of fused-ring (bicyclic) bond motifs is 5. The largest absolute Gasteiger partial charge is 0.455 e. The Bertz CT molecular complexity index is 1530. The van der Waals surface area contributed by atoms with Gasteiger partial charge in [-0.3, -0.25) is 14.4 Å². The zero-order chi connectivity index (χ0) is 25.6. The fraction of sp³-hybridized carbons (Fsp3) is 0.280. The van der Waals surface area contributed by atoms with Crippen LogP contribution in [0.15, 0.2) is 41.2 Å². The molecule has 1 atom stereocenters. The molecule has 2 aliphatic rings. The molecule has 0 saturated carbocycles. The number of nitrogens with zero attached hydrogens (tertiary/aromatic N) is 2.